The Bertz CT molecular complexity index is 230. The quantitative estimate of drug-likeness (QED) is 0.398. The highest BCUT2D eigenvalue weighted by molar-refractivity contribution is 5.69. The van der Waals surface area contributed by atoms with Gasteiger partial charge in [0.2, 0.25) is 0 Å². The largest absolute Gasteiger partial charge is 0.466 e. The Kier molecular flexibility index (Phi) is 6.04. The van der Waals surface area contributed by atoms with Crippen molar-refractivity contribution in [2.45, 2.75) is 57.9 Å². The summed E-state index contributed by atoms with van der Waals surface area (Å²) in [6.45, 7) is 2.59. The first kappa shape index (κ1) is 13.1. The molecule has 0 aromatic rings. The molecule has 2 unspecified atom stereocenters. The van der Waals surface area contributed by atoms with E-state index in [0.29, 0.717) is 18.9 Å². The average molecular weight is 227 g/mol. The van der Waals surface area contributed by atoms with Crippen molar-refractivity contribution in [2.24, 2.45) is 11.1 Å². The maximum absolute atomic E-state index is 11.5. The van der Waals surface area contributed by atoms with Crippen LogP contribution in [0.3, 0.4) is 0 Å². The minimum absolute atomic E-state index is 0.0813. The van der Waals surface area contributed by atoms with Crippen LogP contribution in [-0.4, -0.2) is 18.6 Å². The summed E-state index contributed by atoms with van der Waals surface area (Å²) in [5, 5.41) is 3.08. The zero-order valence-electron chi connectivity index (χ0n) is 9.98. The molecule has 0 bridgehead atoms. The van der Waals surface area contributed by atoms with Gasteiger partial charge in [-0.25, -0.2) is 0 Å². The highest BCUT2D eigenvalue weighted by atomic mass is 16.5. The van der Waals surface area contributed by atoms with Crippen LogP contribution in [0, 0.1) is 10.8 Å². The van der Waals surface area contributed by atoms with Crippen LogP contribution in [0.5, 0.6) is 0 Å². The number of rotatable bonds is 6. The summed E-state index contributed by atoms with van der Waals surface area (Å²) in [5.74, 6) is 0.176. The lowest BCUT2D eigenvalue weighted by molar-refractivity contribution is -0.145. The number of carbonyl (C=O) groups excluding carboxylic acids is 1. The van der Waals surface area contributed by atoms with Gasteiger partial charge in [-0.2, -0.15) is 4.91 Å². The molecule has 0 heterocycles. The smallest absolute Gasteiger partial charge is 0.306 e. The molecule has 4 nitrogen and oxygen atoms in total. The summed E-state index contributed by atoms with van der Waals surface area (Å²) < 4.78 is 5.11. The van der Waals surface area contributed by atoms with Crippen LogP contribution < -0.4 is 0 Å². The SMILES string of the molecule is CCCCOC(=O)CC1CCCC(N=O)C1. The summed E-state index contributed by atoms with van der Waals surface area (Å²) >= 11 is 0. The second-order valence-electron chi connectivity index (χ2n) is 4.57. The molecule has 2 atom stereocenters. The van der Waals surface area contributed by atoms with Gasteiger partial charge in [0.05, 0.1) is 12.6 Å². The predicted octanol–water partition coefficient (Wildman–Crippen LogP) is 3.05. The van der Waals surface area contributed by atoms with Gasteiger partial charge in [0.15, 0.2) is 0 Å². The van der Waals surface area contributed by atoms with Crippen LogP contribution in [-0.2, 0) is 9.53 Å². The van der Waals surface area contributed by atoms with Crippen molar-refractivity contribution in [1.29, 1.82) is 0 Å². The third-order valence-corrected chi connectivity index (χ3v) is 3.12. The lowest BCUT2D eigenvalue weighted by Gasteiger charge is -2.23. The van der Waals surface area contributed by atoms with E-state index in [-0.39, 0.29) is 12.0 Å². The van der Waals surface area contributed by atoms with E-state index in [2.05, 4.69) is 12.1 Å². The molecule has 1 saturated carbocycles. The Morgan fingerprint density at radius 2 is 2.25 bits per heavy atom. The molecular weight excluding hydrogens is 206 g/mol. The normalized spacial score (nSPS) is 25.1. The van der Waals surface area contributed by atoms with Crippen molar-refractivity contribution in [3.8, 4) is 0 Å². The topological polar surface area (TPSA) is 55.7 Å². The predicted molar refractivity (Wildman–Crippen MR) is 62.0 cm³/mol. The van der Waals surface area contributed by atoms with Crippen LogP contribution >= 0.6 is 0 Å². The van der Waals surface area contributed by atoms with Crippen LogP contribution in [0.2, 0.25) is 0 Å². The van der Waals surface area contributed by atoms with Crippen molar-refractivity contribution in [3.05, 3.63) is 4.91 Å². The second kappa shape index (κ2) is 7.36. The van der Waals surface area contributed by atoms with Crippen LogP contribution in [0.4, 0.5) is 0 Å². The summed E-state index contributed by atoms with van der Waals surface area (Å²) in [4.78, 5) is 21.9. The zero-order chi connectivity index (χ0) is 11.8. The first-order chi connectivity index (χ1) is 7.76. The van der Waals surface area contributed by atoms with E-state index in [1.807, 2.05) is 0 Å². The summed E-state index contributed by atoms with van der Waals surface area (Å²) in [6.07, 6.45) is 6.08. The molecule has 0 amide bonds. The molecule has 0 N–H and O–H groups in total. The van der Waals surface area contributed by atoms with Crippen molar-refractivity contribution < 1.29 is 9.53 Å². The zero-order valence-corrected chi connectivity index (χ0v) is 9.98. The van der Waals surface area contributed by atoms with Gasteiger partial charge in [0.1, 0.15) is 0 Å². The summed E-state index contributed by atoms with van der Waals surface area (Å²) in [7, 11) is 0. The highest BCUT2D eigenvalue weighted by Gasteiger charge is 2.24. The Balaban J connectivity index is 2.19. The number of hydrogen-bond donors (Lipinski definition) is 0. The standard InChI is InChI=1S/C12H21NO3/c1-2-3-7-16-12(14)9-10-5-4-6-11(8-10)13-15/h10-11H,2-9H2,1H3. The van der Waals surface area contributed by atoms with E-state index in [9.17, 15) is 9.70 Å². The molecule has 0 radical (unpaired) electrons. The van der Waals surface area contributed by atoms with Crippen LogP contribution in [0.15, 0.2) is 5.18 Å². The van der Waals surface area contributed by atoms with Gasteiger partial charge < -0.3 is 4.74 Å². The number of nitroso groups, excluding NO2 is 1. The van der Waals surface area contributed by atoms with Crippen molar-refractivity contribution in [2.75, 3.05) is 6.61 Å². The van der Waals surface area contributed by atoms with Gasteiger partial charge in [0, 0.05) is 6.42 Å². The van der Waals surface area contributed by atoms with Gasteiger partial charge >= 0.3 is 5.97 Å². The molecule has 0 aromatic heterocycles. The number of nitrogens with zero attached hydrogens (tertiary/aromatic N) is 1. The molecule has 0 saturated heterocycles. The molecule has 1 rings (SSSR count). The second-order valence-corrected chi connectivity index (χ2v) is 4.57. The minimum atomic E-state index is -0.120. The van der Waals surface area contributed by atoms with Crippen molar-refractivity contribution in [3.63, 3.8) is 0 Å². The molecule has 1 aliphatic carbocycles. The first-order valence-electron chi connectivity index (χ1n) is 6.24. The lowest BCUT2D eigenvalue weighted by Crippen LogP contribution is -2.21. The third-order valence-electron chi connectivity index (χ3n) is 3.12. The number of hydrogen-bond acceptors (Lipinski definition) is 4. The molecule has 0 aromatic carbocycles. The number of carbonyl (C=O) groups is 1. The minimum Gasteiger partial charge on any atom is -0.466 e. The van der Waals surface area contributed by atoms with Gasteiger partial charge in [-0.3, -0.25) is 4.79 Å². The van der Waals surface area contributed by atoms with E-state index in [1.165, 1.54) is 0 Å². The Morgan fingerprint density at radius 1 is 1.44 bits per heavy atom. The van der Waals surface area contributed by atoms with E-state index in [4.69, 9.17) is 4.74 Å². The summed E-state index contributed by atoms with van der Waals surface area (Å²) in [5.41, 5.74) is 0. The lowest BCUT2D eigenvalue weighted by atomic mass is 9.84. The van der Waals surface area contributed by atoms with E-state index in [0.717, 1.165) is 38.5 Å². The Morgan fingerprint density at radius 3 is 2.94 bits per heavy atom. The number of ether oxygens (including phenoxy) is 1. The van der Waals surface area contributed by atoms with Crippen molar-refractivity contribution >= 4 is 5.97 Å². The van der Waals surface area contributed by atoms with Crippen LogP contribution in [0.25, 0.3) is 0 Å². The highest BCUT2D eigenvalue weighted by Crippen LogP contribution is 2.28. The maximum Gasteiger partial charge on any atom is 0.306 e. The fourth-order valence-electron chi connectivity index (χ4n) is 2.17. The summed E-state index contributed by atoms with van der Waals surface area (Å²) in [6, 6.07) is -0.0813. The fourth-order valence-corrected chi connectivity index (χ4v) is 2.17. The molecule has 0 spiro atoms. The molecular formula is C12H21NO3. The van der Waals surface area contributed by atoms with Gasteiger partial charge in [-0.1, -0.05) is 24.9 Å². The van der Waals surface area contributed by atoms with E-state index < -0.39 is 0 Å². The Hall–Kier alpha value is -0.930. The number of esters is 1. The average Bonchev–Trinajstić information content (AvgIpc) is 2.29. The van der Waals surface area contributed by atoms with E-state index in [1.54, 1.807) is 0 Å². The molecule has 92 valence electrons. The van der Waals surface area contributed by atoms with Crippen molar-refractivity contribution in [1.82, 2.24) is 0 Å². The molecule has 1 aliphatic rings. The Labute approximate surface area is 96.7 Å². The maximum atomic E-state index is 11.5. The first-order valence-corrected chi connectivity index (χ1v) is 6.24. The van der Waals surface area contributed by atoms with E-state index >= 15 is 0 Å². The monoisotopic (exact) mass is 227 g/mol. The molecule has 16 heavy (non-hydrogen) atoms. The van der Waals surface area contributed by atoms with Crippen LogP contribution in [0.1, 0.15) is 51.9 Å². The molecule has 4 heteroatoms. The third kappa shape index (κ3) is 4.73. The number of unbranched alkanes of at least 4 members (excludes halogenated alkanes) is 1. The fraction of sp³-hybridized carbons (Fsp3) is 0.917. The molecule has 0 aliphatic heterocycles. The van der Waals surface area contributed by atoms with Gasteiger partial charge in [-0.15, -0.1) is 0 Å². The van der Waals surface area contributed by atoms with Gasteiger partial charge in [0.25, 0.3) is 0 Å². The molecule has 1 fully saturated rings. The van der Waals surface area contributed by atoms with Gasteiger partial charge in [-0.05, 0) is 31.6 Å².